The molecule has 0 saturated carbocycles. The minimum atomic E-state index is -5.08. The zero-order valence-electron chi connectivity index (χ0n) is 9.30. The van der Waals surface area contributed by atoms with Gasteiger partial charge in [0.2, 0.25) is 5.91 Å². The molecule has 1 rings (SSSR count). The molecule has 5 nitrogen and oxygen atoms in total. The van der Waals surface area contributed by atoms with Crippen LogP contribution in [0.5, 0.6) is 0 Å². The highest BCUT2D eigenvalue weighted by Gasteiger charge is 2.38. The number of rotatable bonds is 2. The number of amides is 1. The van der Waals surface area contributed by atoms with Crippen LogP contribution in [-0.2, 0) is 9.59 Å². The third-order valence-corrected chi connectivity index (χ3v) is 2.55. The van der Waals surface area contributed by atoms with E-state index < -0.39 is 12.1 Å². The van der Waals surface area contributed by atoms with Crippen molar-refractivity contribution in [1.82, 2.24) is 5.32 Å². The summed E-state index contributed by atoms with van der Waals surface area (Å²) in [7, 11) is 0. The van der Waals surface area contributed by atoms with Crippen LogP contribution < -0.4 is 11.1 Å². The van der Waals surface area contributed by atoms with Crippen molar-refractivity contribution in [2.75, 3.05) is 6.54 Å². The monoisotopic (exact) mass is 256 g/mol. The second-order valence-corrected chi connectivity index (χ2v) is 3.69. The summed E-state index contributed by atoms with van der Waals surface area (Å²) in [6.07, 6.45) is -2.60. The molecule has 1 aliphatic heterocycles. The second-order valence-electron chi connectivity index (χ2n) is 3.69. The minimum Gasteiger partial charge on any atom is -0.475 e. The van der Waals surface area contributed by atoms with E-state index in [1.165, 1.54) is 0 Å². The van der Waals surface area contributed by atoms with Crippen LogP contribution >= 0.6 is 0 Å². The molecule has 0 aromatic rings. The Morgan fingerprint density at radius 1 is 1.59 bits per heavy atom. The van der Waals surface area contributed by atoms with Gasteiger partial charge in [-0.15, -0.1) is 0 Å². The molecule has 0 aliphatic carbocycles. The molecule has 0 aromatic carbocycles. The number of carboxylic acid groups (broad SMARTS) is 1. The Morgan fingerprint density at radius 2 is 2.06 bits per heavy atom. The van der Waals surface area contributed by atoms with Crippen LogP contribution in [0.4, 0.5) is 13.2 Å². The van der Waals surface area contributed by atoms with Gasteiger partial charge in [0.15, 0.2) is 0 Å². The standard InChI is InChI=1S/C7H14N2O.C2HF3O2/c1-2-7(5-8)4-3-6(10)9-7;3-2(4,5)1(6)7/h2-5,8H2,1H3,(H,9,10);(H,6,7). The number of nitrogens with two attached hydrogens (primary N) is 1. The van der Waals surface area contributed by atoms with Crippen molar-refractivity contribution in [3.63, 3.8) is 0 Å². The zero-order chi connectivity index (χ0) is 13.7. The SMILES string of the molecule is CCC1(CN)CCC(=O)N1.O=C(O)C(F)(F)F. The van der Waals surface area contributed by atoms with E-state index in [-0.39, 0.29) is 11.4 Å². The van der Waals surface area contributed by atoms with Crippen molar-refractivity contribution >= 4 is 11.9 Å². The molecule has 0 spiro atoms. The number of carbonyl (C=O) groups is 2. The molecule has 1 atom stereocenters. The van der Waals surface area contributed by atoms with E-state index in [1.54, 1.807) is 0 Å². The van der Waals surface area contributed by atoms with Gasteiger partial charge in [0, 0.05) is 13.0 Å². The van der Waals surface area contributed by atoms with Crippen LogP contribution in [0, 0.1) is 0 Å². The lowest BCUT2D eigenvalue weighted by Crippen LogP contribution is -2.47. The highest BCUT2D eigenvalue weighted by atomic mass is 19.4. The van der Waals surface area contributed by atoms with Crippen LogP contribution in [0.1, 0.15) is 26.2 Å². The maximum atomic E-state index is 10.8. The van der Waals surface area contributed by atoms with Gasteiger partial charge in [-0.3, -0.25) is 4.79 Å². The number of carbonyl (C=O) groups excluding carboxylic acids is 1. The normalized spacial score (nSPS) is 23.7. The lowest BCUT2D eigenvalue weighted by molar-refractivity contribution is -0.192. The van der Waals surface area contributed by atoms with Gasteiger partial charge in [0.1, 0.15) is 0 Å². The molecule has 1 unspecified atom stereocenters. The number of nitrogens with one attached hydrogen (secondary N) is 1. The summed E-state index contributed by atoms with van der Waals surface area (Å²) in [5.41, 5.74) is 5.45. The topological polar surface area (TPSA) is 92.4 Å². The van der Waals surface area contributed by atoms with Crippen molar-refractivity contribution in [1.29, 1.82) is 0 Å². The van der Waals surface area contributed by atoms with Crippen molar-refractivity contribution in [2.45, 2.75) is 37.9 Å². The molecule has 1 saturated heterocycles. The number of hydrogen-bond acceptors (Lipinski definition) is 3. The van der Waals surface area contributed by atoms with E-state index in [4.69, 9.17) is 15.6 Å². The van der Waals surface area contributed by atoms with Crippen LogP contribution in [0.3, 0.4) is 0 Å². The van der Waals surface area contributed by atoms with Gasteiger partial charge >= 0.3 is 12.1 Å². The highest BCUT2D eigenvalue weighted by Crippen LogP contribution is 2.21. The molecular weight excluding hydrogens is 241 g/mol. The summed E-state index contributed by atoms with van der Waals surface area (Å²) < 4.78 is 31.7. The number of halogens is 3. The summed E-state index contributed by atoms with van der Waals surface area (Å²) >= 11 is 0. The van der Waals surface area contributed by atoms with Gasteiger partial charge in [-0.2, -0.15) is 13.2 Å². The highest BCUT2D eigenvalue weighted by molar-refractivity contribution is 5.79. The summed E-state index contributed by atoms with van der Waals surface area (Å²) in [4.78, 5) is 19.7. The van der Waals surface area contributed by atoms with Gasteiger partial charge in [-0.1, -0.05) is 6.92 Å². The van der Waals surface area contributed by atoms with E-state index in [0.29, 0.717) is 13.0 Å². The van der Waals surface area contributed by atoms with Gasteiger partial charge < -0.3 is 16.2 Å². The summed E-state index contributed by atoms with van der Waals surface area (Å²) in [5, 5.41) is 10.0. The van der Waals surface area contributed by atoms with E-state index >= 15 is 0 Å². The number of alkyl halides is 3. The Morgan fingerprint density at radius 3 is 2.18 bits per heavy atom. The molecular formula is C9H15F3N2O3. The smallest absolute Gasteiger partial charge is 0.475 e. The van der Waals surface area contributed by atoms with E-state index in [2.05, 4.69) is 12.2 Å². The average Bonchev–Trinajstić information content (AvgIpc) is 2.60. The molecule has 0 bridgehead atoms. The van der Waals surface area contributed by atoms with Crippen LogP contribution in [0.2, 0.25) is 0 Å². The summed E-state index contributed by atoms with van der Waals surface area (Å²) in [5.74, 6) is -2.61. The van der Waals surface area contributed by atoms with Crippen LogP contribution in [0.25, 0.3) is 0 Å². The molecule has 1 aliphatic rings. The Balaban J connectivity index is 0.000000325. The van der Waals surface area contributed by atoms with Gasteiger partial charge in [-0.25, -0.2) is 4.79 Å². The van der Waals surface area contributed by atoms with Crippen LogP contribution in [-0.4, -0.2) is 35.2 Å². The Labute approximate surface area is 96.2 Å². The summed E-state index contributed by atoms with van der Waals surface area (Å²) in [6, 6.07) is 0. The van der Waals surface area contributed by atoms with E-state index in [1.807, 2.05) is 0 Å². The Hall–Kier alpha value is -1.31. The molecule has 0 aromatic heterocycles. The molecule has 4 N–H and O–H groups in total. The Kier molecular flexibility index (Phi) is 5.40. The first-order chi connectivity index (χ1) is 7.67. The third kappa shape index (κ3) is 5.03. The summed E-state index contributed by atoms with van der Waals surface area (Å²) in [6.45, 7) is 2.62. The lowest BCUT2D eigenvalue weighted by atomic mass is 9.95. The molecule has 8 heteroatoms. The molecule has 17 heavy (non-hydrogen) atoms. The van der Waals surface area contributed by atoms with Crippen molar-refractivity contribution in [2.24, 2.45) is 5.73 Å². The molecule has 1 heterocycles. The predicted octanol–water partition coefficient (Wildman–Crippen LogP) is 0.637. The van der Waals surface area contributed by atoms with Crippen molar-refractivity contribution in [3.8, 4) is 0 Å². The molecule has 100 valence electrons. The maximum Gasteiger partial charge on any atom is 0.490 e. The first kappa shape index (κ1) is 15.7. The zero-order valence-corrected chi connectivity index (χ0v) is 9.30. The second kappa shape index (κ2) is 5.85. The fourth-order valence-corrected chi connectivity index (χ4v) is 1.34. The van der Waals surface area contributed by atoms with Crippen molar-refractivity contribution < 1.29 is 27.9 Å². The number of hydrogen-bond donors (Lipinski definition) is 3. The quantitative estimate of drug-likeness (QED) is 0.676. The van der Waals surface area contributed by atoms with Crippen molar-refractivity contribution in [3.05, 3.63) is 0 Å². The number of aliphatic carboxylic acids is 1. The molecule has 1 amide bonds. The minimum absolute atomic E-state index is 0.0723. The first-order valence-corrected chi connectivity index (χ1v) is 4.98. The maximum absolute atomic E-state index is 10.8. The fraction of sp³-hybridized carbons (Fsp3) is 0.778. The molecule has 1 fully saturated rings. The first-order valence-electron chi connectivity index (χ1n) is 4.98. The fourth-order valence-electron chi connectivity index (χ4n) is 1.34. The van der Waals surface area contributed by atoms with E-state index in [9.17, 15) is 18.0 Å². The molecule has 0 radical (unpaired) electrons. The predicted molar refractivity (Wildman–Crippen MR) is 53.1 cm³/mol. The van der Waals surface area contributed by atoms with Gasteiger partial charge in [0.25, 0.3) is 0 Å². The number of carboxylic acids is 1. The average molecular weight is 256 g/mol. The Bertz CT molecular complexity index is 288. The van der Waals surface area contributed by atoms with E-state index in [0.717, 1.165) is 12.8 Å². The third-order valence-electron chi connectivity index (χ3n) is 2.55. The lowest BCUT2D eigenvalue weighted by Gasteiger charge is -2.25. The largest absolute Gasteiger partial charge is 0.490 e. The van der Waals surface area contributed by atoms with Crippen LogP contribution in [0.15, 0.2) is 0 Å². The van der Waals surface area contributed by atoms with Gasteiger partial charge in [0.05, 0.1) is 5.54 Å². The van der Waals surface area contributed by atoms with Gasteiger partial charge in [-0.05, 0) is 12.8 Å².